The molecular weight excluding hydrogens is 1560 g/mol. The first-order valence-electron chi connectivity index (χ1n) is 44.0. The van der Waals surface area contributed by atoms with Gasteiger partial charge in [0.05, 0.1) is 99.6 Å². The van der Waals surface area contributed by atoms with Crippen LogP contribution in [-0.2, 0) is 47.4 Å². The molecule has 15 rings (SSSR count). The summed E-state index contributed by atoms with van der Waals surface area (Å²) < 4.78 is 83.1. The van der Waals surface area contributed by atoms with Gasteiger partial charge < -0.3 is 71.1 Å². The summed E-state index contributed by atoms with van der Waals surface area (Å²) in [6, 6.07) is 81.1. The summed E-state index contributed by atoms with van der Waals surface area (Å²) in [5.74, 6) is 37.9. The predicted octanol–water partition coefficient (Wildman–Crippen LogP) is 21.8. The van der Waals surface area contributed by atoms with E-state index in [4.69, 9.17) is 71.1 Å². The highest BCUT2D eigenvalue weighted by atomic mass is 16.7. The molecule has 650 valence electrons. The number of rotatable bonds is 20. The van der Waals surface area contributed by atoms with E-state index in [1.165, 1.54) is 40.7 Å². The zero-order valence-electron chi connectivity index (χ0n) is 74.1. The lowest BCUT2D eigenvalue weighted by Gasteiger charge is -2.27. The molecule has 0 unspecified atom stereocenters. The summed E-state index contributed by atoms with van der Waals surface area (Å²) in [6.45, 7) is 28.1. The van der Waals surface area contributed by atoms with Crippen molar-refractivity contribution < 1.29 is 71.1 Å². The van der Waals surface area contributed by atoms with E-state index in [0.717, 1.165) is 130 Å². The lowest BCUT2D eigenvalue weighted by Crippen LogP contribution is -2.28. The number of hydrogen-bond acceptors (Lipinski definition) is 15. The minimum Gasteiger partial charge on any atom is -0.497 e. The predicted molar refractivity (Wildman–Crippen MR) is 494 cm³/mol. The molecule has 15 nitrogen and oxygen atoms in total. The molecule has 0 atom stereocenters. The Morgan fingerprint density at radius 3 is 0.592 bits per heavy atom. The van der Waals surface area contributed by atoms with Crippen LogP contribution >= 0.6 is 0 Å². The van der Waals surface area contributed by atoms with Crippen molar-refractivity contribution in [1.29, 1.82) is 0 Å². The van der Waals surface area contributed by atoms with E-state index >= 15 is 0 Å². The Kier molecular flexibility index (Phi) is 39.5. The SMILES string of the molecule is CCCCCOc1ccc(C#Cc2ccc(C3COC(C)OC3)cc2)cc1.CCCCOc1ccc(C#Cc2ccc(C3COC(C)OC3)cc2)cc1.CCCOc1ccc(C#Cc2ccc(C3COC(C)OC3)cc2)cc1.CCOc1ccc(C#Cc2ccc(C3COC(C)OC3)cc2)cc1.COc1ccc(C#Cc2ccc(C3COC(C)OC3)cc2)cc1. The first-order chi connectivity index (χ1) is 61.2. The maximum Gasteiger partial charge on any atom is 0.154 e. The number of unbranched alkanes of at least 4 members (excludes halogenated alkanes) is 3. The summed E-state index contributed by atoms with van der Waals surface area (Å²) in [6.07, 6.45) is 6.27. The van der Waals surface area contributed by atoms with Gasteiger partial charge in [0.25, 0.3) is 0 Å². The topological polar surface area (TPSA) is 138 Å². The average molecular weight is 1680 g/mol. The molecule has 10 aromatic rings. The van der Waals surface area contributed by atoms with Gasteiger partial charge >= 0.3 is 0 Å². The molecule has 0 bridgehead atoms. The lowest BCUT2D eigenvalue weighted by atomic mass is 9.99. The van der Waals surface area contributed by atoms with Crippen molar-refractivity contribution >= 4 is 0 Å². The average Bonchev–Trinajstić information content (AvgIpc) is 0.866. The number of hydrogen-bond donors (Lipinski definition) is 0. The highest BCUT2D eigenvalue weighted by Gasteiger charge is 2.25. The van der Waals surface area contributed by atoms with E-state index in [2.05, 4.69) is 189 Å². The van der Waals surface area contributed by atoms with Crippen LogP contribution in [0.5, 0.6) is 28.7 Å². The van der Waals surface area contributed by atoms with Crippen LogP contribution in [0.3, 0.4) is 0 Å². The number of benzene rings is 10. The molecule has 5 fully saturated rings. The highest BCUT2D eigenvalue weighted by Crippen LogP contribution is 2.29. The quantitative estimate of drug-likeness (QED) is 0.0528. The molecule has 15 heteroatoms. The zero-order valence-corrected chi connectivity index (χ0v) is 74.1. The Bertz CT molecular complexity index is 5090. The van der Waals surface area contributed by atoms with Crippen LogP contribution in [0.4, 0.5) is 0 Å². The molecule has 0 aliphatic carbocycles. The van der Waals surface area contributed by atoms with Gasteiger partial charge in [-0.15, -0.1) is 0 Å². The fourth-order valence-electron chi connectivity index (χ4n) is 13.4. The van der Waals surface area contributed by atoms with Crippen molar-refractivity contribution in [1.82, 2.24) is 0 Å². The monoisotopic (exact) mass is 1680 g/mol. The lowest BCUT2D eigenvalue weighted by molar-refractivity contribution is -0.176. The van der Waals surface area contributed by atoms with Crippen LogP contribution in [0.25, 0.3) is 0 Å². The van der Waals surface area contributed by atoms with E-state index in [-0.39, 0.29) is 31.5 Å². The Morgan fingerprint density at radius 1 is 0.216 bits per heavy atom. The van der Waals surface area contributed by atoms with E-state index in [1.807, 2.05) is 175 Å². The van der Waals surface area contributed by atoms with Gasteiger partial charge in [0.1, 0.15) is 28.7 Å². The Labute approximate surface area is 742 Å². The second-order valence-corrected chi connectivity index (χ2v) is 30.9. The van der Waals surface area contributed by atoms with Crippen molar-refractivity contribution in [3.63, 3.8) is 0 Å². The minimum atomic E-state index is -0.0977. The van der Waals surface area contributed by atoms with Crippen LogP contribution in [-0.4, -0.2) is 131 Å². The second-order valence-electron chi connectivity index (χ2n) is 30.9. The standard InChI is InChI=1S/C24H28O3.C23H26O3.C22H24O3.C21H22O3.C20H20O3/c1-3-4-5-16-25-24-14-10-21(11-15-24)7-6-20-8-12-22(13-9-20)23-17-26-19(2)27-18-23;1-3-4-15-24-23-13-9-20(10-14-23)6-5-19-7-11-21(12-8-19)22-16-25-18(2)26-17-22;1-3-14-23-22-12-8-19(9-13-22)5-4-18-6-10-20(11-7-18)21-15-24-17(2)25-16-21;1-3-22-21-12-8-18(9-13-21)5-4-17-6-10-19(11-7-17)20-14-23-16(2)24-15-20;1-15-22-13-19(14-23-15)18-9-5-16(6-10-18)3-4-17-7-11-20(21-2)12-8-17/h8-15,19,23H,3-5,16-18H2,1-2H3;7-14,18,22H,3-4,15-17H2,1-2H3;6-13,17,21H,3,14-16H2,1-2H3;6-13,16,20H,3,14-15H2,1-2H3;5-12,15,19H,13-14H2,1-2H3. The number of ether oxygens (including phenoxy) is 15. The van der Waals surface area contributed by atoms with Crippen LogP contribution in [0, 0.1) is 59.2 Å². The molecule has 125 heavy (non-hydrogen) atoms. The molecule has 0 N–H and O–H groups in total. The maximum absolute atomic E-state index is 5.73. The molecule has 10 aromatic carbocycles. The Morgan fingerprint density at radius 2 is 0.400 bits per heavy atom. The molecule has 5 aliphatic heterocycles. The summed E-state index contributed by atoms with van der Waals surface area (Å²) in [7, 11) is 1.66. The minimum absolute atomic E-state index is 0.0964. The molecule has 5 heterocycles. The first-order valence-corrected chi connectivity index (χ1v) is 44.0. The summed E-state index contributed by atoms with van der Waals surface area (Å²) in [4.78, 5) is 0. The van der Waals surface area contributed by atoms with Crippen LogP contribution in [0.15, 0.2) is 243 Å². The Balaban J connectivity index is 0.000000152. The van der Waals surface area contributed by atoms with Gasteiger partial charge in [-0.1, -0.05) is 160 Å². The van der Waals surface area contributed by atoms with Crippen molar-refractivity contribution in [2.45, 2.75) is 162 Å². The van der Waals surface area contributed by atoms with E-state index < -0.39 is 0 Å². The smallest absolute Gasteiger partial charge is 0.154 e. The molecule has 0 spiro atoms. The van der Waals surface area contributed by atoms with Gasteiger partial charge in [-0.2, -0.15) is 0 Å². The van der Waals surface area contributed by atoms with Gasteiger partial charge in [0.15, 0.2) is 31.5 Å². The maximum atomic E-state index is 5.73. The molecule has 0 radical (unpaired) electrons. The van der Waals surface area contributed by atoms with E-state index in [1.54, 1.807) is 7.11 Å². The fraction of sp³-hybridized carbons (Fsp3) is 0.364. The molecule has 0 amide bonds. The van der Waals surface area contributed by atoms with Crippen molar-refractivity contribution in [3.8, 4) is 88.0 Å². The third kappa shape index (κ3) is 33.2. The van der Waals surface area contributed by atoms with Gasteiger partial charge in [-0.25, -0.2) is 0 Å². The molecule has 5 saturated heterocycles. The van der Waals surface area contributed by atoms with E-state index in [0.29, 0.717) is 102 Å². The first kappa shape index (κ1) is 94.3. The molecule has 5 aliphatic rings. The van der Waals surface area contributed by atoms with Gasteiger partial charge in [-0.3, -0.25) is 0 Å². The van der Waals surface area contributed by atoms with Crippen LogP contribution < -0.4 is 23.7 Å². The highest BCUT2D eigenvalue weighted by molar-refractivity contribution is 5.51. The van der Waals surface area contributed by atoms with Gasteiger partial charge in [0, 0.05) is 85.2 Å². The summed E-state index contributed by atoms with van der Waals surface area (Å²) >= 11 is 0. The summed E-state index contributed by atoms with van der Waals surface area (Å²) in [5.41, 5.74) is 16.1. The largest absolute Gasteiger partial charge is 0.497 e. The van der Waals surface area contributed by atoms with Crippen molar-refractivity contribution in [2.24, 2.45) is 0 Å². The van der Waals surface area contributed by atoms with Crippen molar-refractivity contribution in [2.75, 3.05) is 99.6 Å². The number of methoxy groups -OCH3 is 1. The third-order valence-electron chi connectivity index (χ3n) is 21.1. The molecule has 0 aromatic heterocycles. The molecule has 0 saturated carbocycles. The van der Waals surface area contributed by atoms with Gasteiger partial charge in [-0.05, 0) is 271 Å². The van der Waals surface area contributed by atoms with Gasteiger partial charge in [0.2, 0.25) is 0 Å². The van der Waals surface area contributed by atoms with E-state index in [9.17, 15) is 0 Å². The fourth-order valence-corrected chi connectivity index (χ4v) is 13.4. The second kappa shape index (κ2) is 52.4. The van der Waals surface area contributed by atoms with Crippen molar-refractivity contribution in [3.05, 3.63) is 326 Å². The zero-order chi connectivity index (χ0) is 87.4. The Hall–Kier alpha value is -11.4. The normalized spacial score (nSPS) is 19.8. The van der Waals surface area contributed by atoms with Crippen LogP contribution in [0.2, 0.25) is 0 Å². The summed E-state index contributed by atoms with van der Waals surface area (Å²) in [5, 5.41) is 0. The third-order valence-corrected chi connectivity index (χ3v) is 21.1. The van der Waals surface area contributed by atoms with Crippen LogP contribution in [0.1, 0.15) is 214 Å². The molecular formula is C110H120O15.